The minimum absolute atomic E-state index is 0.0558. The van der Waals surface area contributed by atoms with Crippen molar-refractivity contribution >= 4 is 29.1 Å². The van der Waals surface area contributed by atoms with Crippen molar-refractivity contribution in [1.82, 2.24) is 4.57 Å². The molecule has 12 rings (SSSR count). The third-order valence-corrected chi connectivity index (χ3v) is 14.1. The molecule has 5 aliphatic carbocycles. The summed E-state index contributed by atoms with van der Waals surface area (Å²) in [5, 5.41) is 0. The fraction of sp³-hybridized carbons (Fsp3) is 0.193. The first-order valence-electron chi connectivity index (χ1n) is 21.9. The van der Waals surface area contributed by atoms with Crippen LogP contribution < -0.4 is 9.64 Å². The molecule has 0 fully saturated rings. The Hall–Kier alpha value is -6.58. The van der Waals surface area contributed by atoms with Crippen molar-refractivity contribution in [3.05, 3.63) is 226 Å². The van der Waals surface area contributed by atoms with Gasteiger partial charge in [0.05, 0.1) is 11.5 Å². The first kappa shape index (κ1) is 35.4. The summed E-state index contributed by atoms with van der Waals surface area (Å²) in [5.74, 6) is 1.60. The van der Waals surface area contributed by atoms with E-state index in [0.717, 1.165) is 31.4 Å². The number of allylic oxidation sites excluding steroid dienone is 7. The van der Waals surface area contributed by atoms with Gasteiger partial charge >= 0.3 is 0 Å². The summed E-state index contributed by atoms with van der Waals surface area (Å²) in [6.07, 6.45) is 25.7. The summed E-state index contributed by atoms with van der Waals surface area (Å²) in [6, 6.07) is 47.4. The predicted molar refractivity (Wildman–Crippen MR) is 248 cm³/mol. The van der Waals surface area contributed by atoms with E-state index < -0.39 is 5.41 Å². The summed E-state index contributed by atoms with van der Waals surface area (Å²) >= 11 is 0. The fourth-order valence-corrected chi connectivity index (χ4v) is 11.5. The summed E-state index contributed by atoms with van der Waals surface area (Å²) < 4.78 is 9.47. The smallest absolute Gasteiger partial charge is 0.132 e. The summed E-state index contributed by atoms with van der Waals surface area (Å²) in [4.78, 5) is 2.67. The molecule has 0 N–H and O–H groups in total. The van der Waals surface area contributed by atoms with E-state index in [0.29, 0.717) is 5.92 Å². The molecule has 5 aromatic carbocycles. The molecular formula is C57H48N2O. The largest absolute Gasteiger partial charge is 0.484 e. The zero-order valence-corrected chi connectivity index (χ0v) is 34.3. The first-order valence-corrected chi connectivity index (χ1v) is 21.9. The van der Waals surface area contributed by atoms with Crippen LogP contribution in [0.3, 0.4) is 0 Å². The highest BCUT2D eigenvalue weighted by Crippen LogP contribution is 2.57. The zero-order chi connectivity index (χ0) is 40.0. The van der Waals surface area contributed by atoms with E-state index >= 15 is 0 Å². The highest BCUT2D eigenvalue weighted by atomic mass is 16.5. The molecule has 2 heterocycles. The Bertz CT molecular complexity index is 2860. The molecule has 4 atom stereocenters. The maximum atomic E-state index is 6.83. The minimum Gasteiger partial charge on any atom is -0.484 e. The van der Waals surface area contributed by atoms with Gasteiger partial charge in [-0.3, -0.25) is 0 Å². The second-order valence-corrected chi connectivity index (χ2v) is 17.5. The van der Waals surface area contributed by atoms with Gasteiger partial charge in [-0.05, 0) is 88.9 Å². The molecule has 6 aliphatic rings. The molecular weight excluding hydrogens is 729 g/mol. The number of hydrogen-bond donors (Lipinski definition) is 0. The van der Waals surface area contributed by atoms with E-state index in [-0.39, 0.29) is 18.1 Å². The van der Waals surface area contributed by atoms with Crippen LogP contribution in [0.1, 0.15) is 77.0 Å². The van der Waals surface area contributed by atoms with Crippen molar-refractivity contribution < 1.29 is 4.74 Å². The minimum atomic E-state index is -0.488. The van der Waals surface area contributed by atoms with E-state index in [9.17, 15) is 0 Å². The van der Waals surface area contributed by atoms with Crippen molar-refractivity contribution in [3.8, 4) is 16.9 Å². The van der Waals surface area contributed by atoms with Gasteiger partial charge in [-0.2, -0.15) is 0 Å². The van der Waals surface area contributed by atoms with E-state index in [2.05, 4.69) is 205 Å². The maximum absolute atomic E-state index is 6.83. The van der Waals surface area contributed by atoms with Gasteiger partial charge in [0.2, 0.25) is 0 Å². The molecule has 1 aromatic heterocycles. The van der Waals surface area contributed by atoms with Crippen molar-refractivity contribution in [2.75, 3.05) is 4.90 Å². The van der Waals surface area contributed by atoms with Crippen LogP contribution in [0.25, 0.3) is 34.5 Å². The average Bonchev–Trinajstić information content (AvgIpc) is 3.94. The van der Waals surface area contributed by atoms with Gasteiger partial charge in [0.1, 0.15) is 11.9 Å². The third-order valence-electron chi connectivity index (χ3n) is 14.1. The average molecular weight is 777 g/mol. The lowest BCUT2D eigenvalue weighted by atomic mass is 9.67. The molecule has 3 unspecified atom stereocenters. The maximum Gasteiger partial charge on any atom is 0.132 e. The van der Waals surface area contributed by atoms with E-state index in [4.69, 9.17) is 4.74 Å². The number of fused-ring (bicyclic) bond motifs is 9. The fourth-order valence-electron chi connectivity index (χ4n) is 11.5. The molecule has 1 aliphatic heterocycles. The van der Waals surface area contributed by atoms with Gasteiger partial charge < -0.3 is 14.2 Å². The van der Waals surface area contributed by atoms with E-state index in [1.807, 2.05) is 0 Å². The molecule has 0 saturated carbocycles. The number of aromatic nitrogens is 1. The Morgan fingerprint density at radius 1 is 0.667 bits per heavy atom. The molecule has 0 spiro atoms. The Morgan fingerprint density at radius 2 is 1.38 bits per heavy atom. The molecule has 0 bridgehead atoms. The molecule has 0 radical (unpaired) electrons. The highest BCUT2D eigenvalue weighted by molar-refractivity contribution is 5.89. The van der Waals surface area contributed by atoms with Crippen LogP contribution in [0, 0.1) is 11.8 Å². The molecule has 0 saturated heterocycles. The van der Waals surface area contributed by atoms with Crippen molar-refractivity contribution in [2.24, 2.45) is 11.8 Å². The van der Waals surface area contributed by atoms with Crippen molar-refractivity contribution in [3.63, 3.8) is 0 Å². The Kier molecular flexibility index (Phi) is 8.10. The summed E-state index contributed by atoms with van der Waals surface area (Å²) in [5.41, 5.74) is 19.3. The van der Waals surface area contributed by atoms with Crippen molar-refractivity contribution in [1.29, 1.82) is 0 Å². The number of para-hydroxylation sites is 1. The van der Waals surface area contributed by atoms with Gasteiger partial charge in [0, 0.05) is 63.1 Å². The van der Waals surface area contributed by atoms with Crippen molar-refractivity contribution in [2.45, 2.75) is 57.1 Å². The van der Waals surface area contributed by atoms with E-state index in [1.165, 1.54) is 84.1 Å². The Morgan fingerprint density at radius 3 is 2.18 bits per heavy atom. The van der Waals surface area contributed by atoms with Crippen LogP contribution in [-0.2, 0) is 18.3 Å². The first-order chi connectivity index (χ1) is 29.6. The molecule has 0 amide bonds. The number of nitrogens with zero attached hydrogens (tertiary/aromatic N) is 2. The number of hydrogen-bond acceptors (Lipinski definition) is 2. The molecule has 3 heteroatoms. The van der Waals surface area contributed by atoms with Gasteiger partial charge in [-0.1, -0.05) is 166 Å². The summed E-state index contributed by atoms with van der Waals surface area (Å²) in [6.45, 7) is 4.71. The summed E-state index contributed by atoms with van der Waals surface area (Å²) in [7, 11) is 0. The Balaban J connectivity index is 1.07. The second kappa shape index (κ2) is 13.7. The van der Waals surface area contributed by atoms with E-state index in [1.54, 1.807) is 0 Å². The topological polar surface area (TPSA) is 17.4 Å². The van der Waals surface area contributed by atoms with Crippen LogP contribution in [0.4, 0.5) is 5.69 Å². The second-order valence-electron chi connectivity index (χ2n) is 17.5. The molecule has 60 heavy (non-hydrogen) atoms. The van der Waals surface area contributed by atoms with Crippen LogP contribution in [-0.4, -0.2) is 16.7 Å². The third kappa shape index (κ3) is 5.14. The molecule has 6 aromatic rings. The van der Waals surface area contributed by atoms with Gasteiger partial charge in [0.15, 0.2) is 0 Å². The quantitative estimate of drug-likeness (QED) is 0.167. The monoisotopic (exact) mass is 776 g/mol. The van der Waals surface area contributed by atoms with Gasteiger partial charge in [-0.25, -0.2) is 0 Å². The van der Waals surface area contributed by atoms with Crippen LogP contribution in [0.2, 0.25) is 0 Å². The predicted octanol–water partition coefficient (Wildman–Crippen LogP) is 13.1. The normalized spacial score (nSPS) is 22.3. The number of anilines is 1. The standard InChI is InChI=1S/C57H48N2O/c1-37-16-15-21-41(34-37)59-53-26-13-10-23-46(53)47-31-29-43(36-54(47)59)58(52-33-32-49-48-24-11-14-27-55(48)60-56(49)38(52)2)42-28-30-45-44-22-9-12-25-50(44)57(51(45)35-42,39-17-5-3-6-18-39)40-19-7-4-8-20-40/h3-12,14-15,17-25,27-35,37-38,43,56H,13,16,26,36H2,1-2H3/t37?,38?,43?,56-/m1/s1. The highest BCUT2D eigenvalue weighted by Gasteiger charge is 2.47. The SMILES string of the molecule is CC1C=C(n2c3c(c4c2CC(N(C2=CC=C5c6ccccc6O[C@@H]5C2C)c2ccc5c(c2)C(c2ccccc2)(c2ccccc2)c2ccccc2-5)C=C4)C=CCC3)C=CC1. The number of rotatable bonds is 6. The Labute approximate surface area is 353 Å². The number of benzene rings is 5. The van der Waals surface area contributed by atoms with Crippen LogP contribution in [0.15, 0.2) is 176 Å². The van der Waals surface area contributed by atoms with Crippen LogP contribution >= 0.6 is 0 Å². The lowest BCUT2D eigenvalue weighted by Gasteiger charge is -2.41. The van der Waals surface area contributed by atoms with Crippen LogP contribution in [0.5, 0.6) is 5.75 Å². The lowest BCUT2D eigenvalue weighted by molar-refractivity contribution is 0.226. The molecule has 292 valence electrons. The zero-order valence-electron chi connectivity index (χ0n) is 34.3. The number of ether oxygens (including phenoxy) is 1. The molecule has 3 nitrogen and oxygen atoms in total. The van der Waals surface area contributed by atoms with Gasteiger partial charge in [-0.15, -0.1) is 0 Å². The van der Waals surface area contributed by atoms with Gasteiger partial charge in [0.25, 0.3) is 0 Å². The lowest BCUT2D eigenvalue weighted by Crippen LogP contribution is -2.42.